The summed E-state index contributed by atoms with van der Waals surface area (Å²) in [4.78, 5) is 32.0. The second kappa shape index (κ2) is 20.2. The summed E-state index contributed by atoms with van der Waals surface area (Å²) in [6.07, 6.45) is 7.21. The Morgan fingerprint density at radius 1 is 1.00 bits per heavy atom. The van der Waals surface area contributed by atoms with Crippen LogP contribution in [0.2, 0.25) is 0 Å². The van der Waals surface area contributed by atoms with Gasteiger partial charge in [0.05, 0.1) is 25.9 Å². The monoisotopic (exact) mass is 645 g/mol. The van der Waals surface area contributed by atoms with Gasteiger partial charge >= 0.3 is 0 Å². The van der Waals surface area contributed by atoms with Gasteiger partial charge in [-0.05, 0) is 74.6 Å². The van der Waals surface area contributed by atoms with Crippen LogP contribution >= 0.6 is 0 Å². The van der Waals surface area contributed by atoms with Crippen LogP contribution in [-0.2, 0) is 14.3 Å². The van der Waals surface area contributed by atoms with Crippen molar-refractivity contribution in [1.29, 1.82) is 10.8 Å². The molecule has 0 aliphatic carbocycles. The number of amidine groups is 2. The lowest BCUT2D eigenvalue weighted by atomic mass is 10.1. The Kier molecular flexibility index (Phi) is 15.7. The van der Waals surface area contributed by atoms with Gasteiger partial charge in [-0.2, -0.15) is 5.41 Å². The molecular formula is C34H45N8O5+. The van der Waals surface area contributed by atoms with Crippen LogP contribution in [0.1, 0.15) is 60.3 Å². The first-order valence-electron chi connectivity index (χ1n) is 15.5. The van der Waals surface area contributed by atoms with Crippen LogP contribution in [0.15, 0.2) is 67.1 Å². The highest BCUT2D eigenvalue weighted by atomic mass is 16.5. The van der Waals surface area contributed by atoms with Crippen molar-refractivity contribution in [3.05, 3.63) is 83.9 Å². The standard InChI is InChI=1S/C34H44N8O5/c1-25(26-9-7-12-30(20-26)47-18-5-3-4-15-45-16-8-17-46-23-29(43)21-35)41-34(44)27-10-6-11-28(19-27)39-22-32(36)42(2)33(37)31-13-14-38-24-40-31/h6-7,9-14,19-21,24-25,35-37,39H,3-5,8,15-18,22-23H2,1-2H3,(H,41,44)/p+1/t25-/m1/s1. The quantitative estimate of drug-likeness (QED) is 0.0499. The van der Waals surface area contributed by atoms with Gasteiger partial charge in [0, 0.05) is 37.3 Å². The summed E-state index contributed by atoms with van der Waals surface area (Å²) in [6.45, 7) is 4.39. The second-order valence-corrected chi connectivity index (χ2v) is 10.7. The number of nitrogens with one attached hydrogen (secondary N) is 4. The van der Waals surface area contributed by atoms with E-state index >= 15 is 0 Å². The molecule has 0 aliphatic rings. The predicted molar refractivity (Wildman–Crippen MR) is 181 cm³/mol. The lowest BCUT2D eigenvalue weighted by Crippen LogP contribution is -2.36. The number of carbonyl (C=O) groups excluding carboxylic acids is 2. The molecule has 0 radical (unpaired) electrons. The number of nitrogens with two attached hydrogens (primary N) is 1. The molecule has 6 N–H and O–H groups in total. The normalized spacial score (nSPS) is 12.0. The fourth-order valence-corrected chi connectivity index (χ4v) is 4.32. The van der Waals surface area contributed by atoms with Gasteiger partial charge in [-0.3, -0.25) is 9.59 Å². The summed E-state index contributed by atoms with van der Waals surface area (Å²) >= 11 is 0. The number of benzene rings is 2. The Bertz CT molecular complexity index is 1500. The van der Waals surface area contributed by atoms with Crippen molar-refractivity contribution >= 4 is 35.3 Å². The van der Waals surface area contributed by atoms with Gasteiger partial charge < -0.3 is 36.0 Å². The molecule has 0 bridgehead atoms. The maximum Gasteiger partial charge on any atom is 0.280 e. The molecule has 0 aliphatic heterocycles. The first-order chi connectivity index (χ1) is 22.8. The molecule has 2 aromatic carbocycles. The molecule has 1 amide bonds. The maximum atomic E-state index is 13.1. The van der Waals surface area contributed by atoms with Crippen LogP contribution in [0, 0.1) is 10.8 Å². The van der Waals surface area contributed by atoms with Gasteiger partial charge in [0.15, 0.2) is 5.78 Å². The molecule has 1 atom stereocenters. The minimum atomic E-state index is -0.338. The summed E-state index contributed by atoms with van der Waals surface area (Å²) in [6, 6.07) is 16.3. The number of aromatic nitrogens is 2. The van der Waals surface area contributed by atoms with Crippen LogP contribution in [0.25, 0.3) is 0 Å². The van der Waals surface area contributed by atoms with Gasteiger partial charge in [-0.25, -0.2) is 14.5 Å². The van der Waals surface area contributed by atoms with Crippen LogP contribution in [0.5, 0.6) is 5.75 Å². The van der Waals surface area contributed by atoms with Crippen LogP contribution in [0.3, 0.4) is 0 Å². The number of hydrogen-bond acceptors (Lipinski definition) is 10. The number of rotatable bonds is 21. The van der Waals surface area contributed by atoms with Crippen molar-refractivity contribution < 1.29 is 28.4 Å². The number of anilines is 1. The Balaban J connectivity index is 1.38. The fourth-order valence-electron chi connectivity index (χ4n) is 4.32. The van der Waals surface area contributed by atoms with E-state index in [4.69, 9.17) is 30.8 Å². The number of amides is 1. The van der Waals surface area contributed by atoms with Crippen molar-refractivity contribution in [2.45, 2.75) is 38.6 Å². The van der Waals surface area contributed by atoms with E-state index in [1.54, 1.807) is 37.5 Å². The minimum Gasteiger partial charge on any atom is -0.494 e. The molecule has 47 heavy (non-hydrogen) atoms. The van der Waals surface area contributed by atoms with Crippen LogP contribution < -0.4 is 21.1 Å². The SMILES string of the molecule is C[C@@H](NC(=O)c1cccc(NCC(N)=[N+](C)C(=N)c2ccncn2)c1)c1cccc(OCCCCCOCCCOCC(=O)C=N)c1. The van der Waals surface area contributed by atoms with Crippen LogP contribution in [0.4, 0.5) is 5.69 Å². The lowest BCUT2D eigenvalue weighted by Gasteiger charge is -2.16. The van der Waals surface area contributed by atoms with Gasteiger partial charge in [-0.1, -0.05) is 18.2 Å². The zero-order chi connectivity index (χ0) is 33.9. The van der Waals surface area contributed by atoms with Crippen molar-refractivity contribution in [3.63, 3.8) is 0 Å². The largest absolute Gasteiger partial charge is 0.494 e. The number of Topliss-reactive ketones (excluding diaryl/α,β-unsaturated/α-hetero) is 1. The van der Waals surface area contributed by atoms with Crippen molar-refractivity contribution in [2.24, 2.45) is 5.73 Å². The third-order valence-corrected chi connectivity index (χ3v) is 7.08. The molecule has 13 heteroatoms. The van der Waals surface area contributed by atoms with E-state index in [0.29, 0.717) is 49.9 Å². The van der Waals surface area contributed by atoms with Crippen molar-refractivity contribution in [1.82, 2.24) is 15.3 Å². The topological polar surface area (TPSA) is 188 Å². The molecule has 0 unspecified atom stereocenters. The highest BCUT2D eigenvalue weighted by molar-refractivity contribution is 6.26. The van der Waals surface area contributed by atoms with Crippen LogP contribution in [-0.4, -0.2) is 90.7 Å². The summed E-state index contributed by atoms with van der Waals surface area (Å²) in [5.74, 6) is 0.768. The summed E-state index contributed by atoms with van der Waals surface area (Å²) < 4.78 is 18.2. The van der Waals surface area contributed by atoms with Gasteiger partial charge in [0.2, 0.25) is 5.84 Å². The summed E-state index contributed by atoms with van der Waals surface area (Å²) in [5.41, 5.74) is 8.83. The molecule has 0 spiro atoms. The smallest absolute Gasteiger partial charge is 0.280 e. The first kappa shape index (κ1) is 36.5. The highest BCUT2D eigenvalue weighted by Gasteiger charge is 2.15. The average molecular weight is 646 g/mol. The molecule has 1 aromatic heterocycles. The van der Waals surface area contributed by atoms with Gasteiger partial charge in [0.1, 0.15) is 30.9 Å². The molecule has 13 nitrogen and oxygen atoms in total. The molecule has 0 fully saturated rings. The first-order valence-corrected chi connectivity index (χ1v) is 15.5. The highest BCUT2D eigenvalue weighted by Crippen LogP contribution is 2.20. The Labute approximate surface area is 275 Å². The van der Waals surface area contributed by atoms with Gasteiger partial charge in [-0.15, -0.1) is 0 Å². The van der Waals surface area contributed by atoms with E-state index in [0.717, 1.165) is 42.5 Å². The van der Waals surface area contributed by atoms with Crippen molar-refractivity contribution in [3.8, 4) is 5.75 Å². The number of ether oxygens (including phenoxy) is 3. The maximum absolute atomic E-state index is 13.1. The van der Waals surface area contributed by atoms with E-state index < -0.39 is 0 Å². The lowest BCUT2D eigenvalue weighted by molar-refractivity contribution is -0.373. The number of hydrogen-bond donors (Lipinski definition) is 5. The molecule has 250 valence electrons. The van der Waals surface area contributed by atoms with E-state index in [9.17, 15) is 9.59 Å². The number of unbranched alkanes of at least 4 members (excludes halogenated alkanes) is 2. The Morgan fingerprint density at radius 2 is 1.77 bits per heavy atom. The third-order valence-electron chi connectivity index (χ3n) is 7.08. The predicted octanol–water partition coefficient (Wildman–Crippen LogP) is 3.60. The summed E-state index contributed by atoms with van der Waals surface area (Å²) in [5, 5.41) is 21.4. The number of nitrogens with zero attached hydrogens (tertiary/aromatic N) is 3. The fraction of sp³-hybridized carbons (Fsp3) is 0.382. The number of carbonyl (C=O) groups is 2. The van der Waals surface area contributed by atoms with Crippen molar-refractivity contribution in [2.75, 3.05) is 51.9 Å². The molecule has 1 heterocycles. The van der Waals surface area contributed by atoms with Gasteiger partial charge in [0.25, 0.3) is 11.7 Å². The zero-order valence-electron chi connectivity index (χ0n) is 27.0. The third kappa shape index (κ3) is 13.1. The van der Waals surface area contributed by atoms with E-state index in [2.05, 4.69) is 20.6 Å². The zero-order valence-corrected chi connectivity index (χ0v) is 27.0. The molecule has 3 rings (SSSR count). The summed E-state index contributed by atoms with van der Waals surface area (Å²) in [7, 11) is 1.70. The average Bonchev–Trinajstić information content (AvgIpc) is 3.10. The van der Waals surface area contributed by atoms with E-state index in [1.165, 1.54) is 10.9 Å². The Morgan fingerprint density at radius 3 is 2.55 bits per heavy atom. The van der Waals surface area contributed by atoms with E-state index in [-0.39, 0.29) is 36.7 Å². The van der Waals surface area contributed by atoms with E-state index in [1.807, 2.05) is 37.3 Å². The second-order valence-electron chi connectivity index (χ2n) is 10.7. The Hall–Kier alpha value is -5.01. The molecule has 3 aromatic rings. The molecular weight excluding hydrogens is 600 g/mol. The number of ketones is 1. The minimum absolute atomic E-state index is 0.0519. The molecule has 0 saturated heterocycles. The molecule has 0 saturated carbocycles.